The number of sulfonamides is 1. The van der Waals surface area contributed by atoms with E-state index >= 15 is 0 Å². The minimum Gasteiger partial charge on any atom is -0.360 e. The minimum atomic E-state index is -4.44. The number of nitrogens with zero attached hydrogens (tertiary/aromatic N) is 4. The van der Waals surface area contributed by atoms with Crippen molar-refractivity contribution in [3.63, 3.8) is 0 Å². The number of aryl methyl sites for hydroxylation is 2. The van der Waals surface area contributed by atoms with Crippen molar-refractivity contribution in [3.8, 4) is 0 Å². The van der Waals surface area contributed by atoms with E-state index in [0.29, 0.717) is 37.6 Å². The molecule has 1 aliphatic heterocycles. The minimum absolute atomic E-state index is 0.0728. The fourth-order valence-corrected chi connectivity index (χ4v) is 4.84. The number of hydrogen-bond donors (Lipinski definition) is 0. The molecule has 0 unspecified atom stereocenters. The van der Waals surface area contributed by atoms with Gasteiger partial charge in [-0.25, -0.2) is 13.4 Å². The van der Waals surface area contributed by atoms with Gasteiger partial charge in [-0.3, -0.25) is 0 Å². The number of rotatable bonds is 3. The summed E-state index contributed by atoms with van der Waals surface area (Å²) in [5, 5.41) is 3.70. The van der Waals surface area contributed by atoms with E-state index in [2.05, 4.69) is 10.1 Å². The van der Waals surface area contributed by atoms with Gasteiger partial charge in [0.2, 0.25) is 10.0 Å². The molecule has 0 saturated carbocycles. The zero-order valence-electron chi connectivity index (χ0n) is 14.8. The quantitative estimate of drug-likeness (QED) is 0.783. The maximum atomic E-state index is 12.9. The van der Waals surface area contributed by atoms with Crippen molar-refractivity contribution < 1.29 is 26.1 Å². The Balaban J connectivity index is 1.76. The summed E-state index contributed by atoms with van der Waals surface area (Å²) in [4.78, 5) is 5.74. The van der Waals surface area contributed by atoms with Crippen molar-refractivity contribution in [2.24, 2.45) is 0 Å². The van der Waals surface area contributed by atoms with E-state index in [1.54, 1.807) is 18.7 Å². The first-order valence-corrected chi connectivity index (χ1v) is 9.76. The largest absolute Gasteiger partial charge is 0.417 e. The van der Waals surface area contributed by atoms with E-state index in [1.165, 1.54) is 10.4 Å². The molecule has 0 amide bonds. The molecular formula is C16H19F3N4O3S. The lowest BCUT2D eigenvalue weighted by Gasteiger charge is -2.22. The van der Waals surface area contributed by atoms with E-state index in [-0.39, 0.29) is 17.2 Å². The van der Waals surface area contributed by atoms with Crippen LogP contribution in [-0.2, 0) is 16.2 Å². The lowest BCUT2D eigenvalue weighted by Crippen LogP contribution is -2.35. The molecule has 1 saturated heterocycles. The van der Waals surface area contributed by atoms with Gasteiger partial charge in [-0.05, 0) is 32.4 Å². The van der Waals surface area contributed by atoms with Crippen LogP contribution in [0.1, 0.15) is 23.4 Å². The molecule has 2 aromatic heterocycles. The second kappa shape index (κ2) is 7.12. The third-order valence-electron chi connectivity index (χ3n) is 4.42. The molecule has 0 aromatic carbocycles. The number of anilines is 1. The van der Waals surface area contributed by atoms with Gasteiger partial charge in [0.15, 0.2) is 5.76 Å². The Morgan fingerprint density at radius 2 is 1.85 bits per heavy atom. The Morgan fingerprint density at radius 1 is 1.11 bits per heavy atom. The molecule has 7 nitrogen and oxygen atoms in total. The predicted molar refractivity (Wildman–Crippen MR) is 90.8 cm³/mol. The maximum absolute atomic E-state index is 12.9. The second-order valence-electron chi connectivity index (χ2n) is 6.30. The lowest BCUT2D eigenvalue weighted by molar-refractivity contribution is -0.137. The molecular weight excluding hydrogens is 385 g/mol. The Labute approximate surface area is 154 Å². The van der Waals surface area contributed by atoms with Crippen LogP contribution in [0.3, 0.4) is 0 Å². The average Bonchev–Trinajstić information content (AvgIpc) is 2.81. The van der Waals surface area contributed by atoms with Crippen molar-refractivity contribution in [2.75, 3.05) is 31.1 Å². The molecule has 27 heavy (non-hydrogen) atoms. The van der Waals surface area contributed by atoms with Crippen molar-refractivity contribution in [2.45, 2.75) is 31.3 Å². The summed E-state index contributed by atoms with van der Waals surface area (Å²) >= 11 is 0. The SMILES string of the molecule is Cc1noc(C)c1S(=O)(=O)N1CCCN(c2ccc(C(F)(F)F)cn2)CC1. The van der Waals surface area contributed by atoms with Gasteiger partial charge in [-0.15, -0.1) is 0 Å². The molecule has 148 valence electrons. The van der Waals surface area contributed by atoms with Crippen LogP contribution in [0.25, 0.3) is 0 Å². The zero-order chi connectivity index (χ0) is 19.8. The van der Waals surface area contributed by atoms with Gasteiger partial charge in [0.25, 0.3) is 0 Å². The molecule has 0 radical (unpaired) electrons. The first kappa shape index (κ1) is 19.6. The van der Waals surface area contributed by atoms with E-state index in [0.717, 1.165) is 12.3 Å². The fraction of sp³-hybridized carbons (Fsp3) is 0.500. The molecule has 2 aromatic rings. The van der Waals surface area contributed by atoms with E-state index < -0.39 is 21.8 Å². The van der Waals surface area contributed by atoms with Gasteiger partial charge in [-0.1, -0.05) is 5.16 Å². The fourth-order valence-electron chi connectivity index (χ4n) is 3.08. The molecule has 0 spiro atoms. The third-order valence-corrected chi connectivity index (χ3v) is 6.56. The van der Waals surface area contributed by atoms with Gasteiger partial charge >= 0.3 is 6.18 Å². The molecule has 0 bridgehead atoms. The van der Waals surface area contributed by atoms with Crippen molar-refractivity contribution in [3.05, 3.63) is 35.3 Å². The van der Waals surface area contributed by atoms with Gasteiger partial charge < -0.3 is 9.42 Å². The highest BCUT2D eigenvalue weighted by molar-refractivity contribution is 7.89. The van der Waals surface area contributed by atoms with Gasteiger partial charge in [0, 0.05) is 32.4 Å². The molecule has 0 atom stereocenters. The molecule has 3 heterocycles. The Bertz CT molecular complexity index is 890. The smallest absolute Gasteiger partial charge is 0.360 e. The molecule has 0 N–H and O–H groups in total. The normalized spacial score (nSPS) is 17.1. The molecule has 11 heteroatoms. The van der Waals surface area contributed by atoms with E-state index in [9.17, 15) is 21.6 Å². The molecule has 3 rings (SSSR count). The maximum Gasteiger partial charge on any atom is 0.417 e. The van der Waals surface area contributed by atoms with E-state index in [4.69, 9.17) is 4.52 Å². The van der Waals surface area contributed by atoms with Gasteiger partial charge in [0.1, 0.15) is 16.4 Å². The highest BCUT2D eigenvalue weighted by atomic mass is 32.2. The first-order chi connectivity index (χ1) is 12.6. The summed E-state index contributed by atoms with van der Waals surface area (Å²) in [7, 11) is -3.75. The zero-order valence-corrected chi connectivity index (χ0v) is 15.6. The first-order valence-electron chi connectivity index (χ1n) is 8.32. The van der Waals surface area contributed by atoms with Crippen LogP contribution in [0.2, 0.25) is 0 Å². The number of halogens is 3. The van der Waals surface area contributed by atoms with Crippen LogP contribution in [0, 0.1) is 13.8 Å². The van der Waals surface area contributed by atoms with Crippen LogP contribution in [0.5, 0.6) is 0 Å². The summed E-state index contributed by atoms with van der Waals surface area (Å²) in [6.45, 7) is 4.41. The number of hydrogen-bond acceptors (Lipinski definition) is 6. The number of pyridine rings is 1. The summed E-state index contributed by atoms with van der Waals surface area (Å²) in [6.07, 6.45) is -3.13. The van der Waals surface area contributed by atoms with E-state index in [1.807, 2.05) is 0 Å². The van der Waals surface area contributed by atoms with Crippen LogP contribution in [0.15, 0.2) is 27.7 Å². The third kappa shape index (κ3) is 3.93. The van der Waals surface area contributed by atoms with Gasteiger partial charge in [-0.2, -0.15) is 17.5 Å². The number of alkyl halides is 3. The van der Waals surface area contributed by atoms with Gasteiger partial charge in [0.05, 0.1) is 5.56 Å². The Kier molecular flexibility index (Phi) is 5.17. The molecule has 0 aliphatic carbocycles. The topological polar surface area (TPSA) is 79.5 Å². The number of aromatic nitrogens is 2. The lowest BCUT2D eigenvalue weighted by atomic mass is 10.2. The summed E-state index contributed by atoms with van der Waals surface area (Å²) in [6, 6.07) is 2.28. The van der Waals surface area contributed by atoms with Crippen molar-refractivity contribution in [1.29, 1.82) is 0 Å². The second-order valence-corrected chi connectivity index (χ2v) is 8.18. The monoisotopic (exact) mass is 404 g/mol. The summed E-state index contributed by atoms with van der Waals surface area (Å²) in [5.41, 5.74) is -0.512. The predicted octanol–water partition coefficient (Wildman–Crippen LogP) is 2.61. The summed E-state index contributed by atoms with van der Waals surface area (Å²) in [5.74, 6) is 0.623. The van der Waals surface area contributed by atoms with Crippen molar-refractivity contribution in [1.82, 2.24) is 14.4 Å². The molecule has 1 fully saturated rings. The Hall–Kier alpha value is -2.14. The van der Waals surface area contributed by atoms with Crippen molar-refractivity contribution >= 4 is 15.8 Å². The molecule has 1 aliphatic rings. The standard InChI is InChI=1S/C16H19F3N4O3S/c1-11-15(12(2)26-21-11)27(24,25)23-7-3-6-22(8-9-23)14-5-4-13(10-20-14)16(17,18)19/h4-5,10H,3,6-9H2,1-2H3. The highest BCUT2D eigenvalue weighted by Gasteiger charge is 2.33. The average molecular weight is 404 g/mol. The summed E-state index contributed by atoms with van der Waals surface area (Å²) < 4.78 is 70.1. The van der Waals surface area contributed by atoms with Crippen LogP contribution < -0.4 is 4.90 Å². The Morgan fingerprint density at radius 3 is 2.41 bits per heavy atom. The van der Waals surface area contributed by atoms with Crippen LogP contribution in [0.4, 0.5) is 19.0 Å². The van der Waals surface area contributed by atoms with Crippen LogP contribution in [-0.4, -0.2) is 49.0 Å². The highest BCUT2D eigenvalue weighted by Crippen LogP contribution is 2.30. The van der Waals surface area contributed by atoms with Crippen LogP contribution >= 0.6 is 0 Å².